The first kappa shape index (κ1) is 17.5. The zero-order valence-electron chi connectivity index (χ0n) is 13.4. The Bertz CT molecular complexity index is 933. The molecule has 8 nitrogen and oxygen atoms in total. The molecule has 0 spiro atoms. The molecule has 140 valence electrons. The fourth-order valence-corrected chi connectivity index (χ4v) is 5.12. The summed E-state index contributed by atoms with van der Waals surface area (Å²) in [5.74, 6) is -1.00. The van der Waals surface area contributed by atoms with Crippen LogP contribution < -0.4 is 0 Å². The van der Waals surface area contributed by atoms with Gasteiger partial charge in [-0.15, -0.1) is 10.2 Å². The van der Waals surface area contributed by atoms with Gasteiger partial charge in [0.2, 0.25) is 15.9 Å². The number of nitrogens with zero attached hydrogens (tertiary/aromatic N) is 3. The largest absolute Gasteiger partial charge is 0.415 e. The molecule has 1 N–H and O–H groups in total. The molecule has 11 heteroatoms. The lowest BCUT2D eigenvalue weighted by molar-refractivity contribution is -0.0467. The number of halogens is 2. The van der Waals surface area contributed by atoms with Crippen LogP contribution >= 0.6 is 0 Å². The highest BCUT2D eigenvalue weighted by atomic mass is 32.2. The van der Waals surface area contributed by atoms with Gasteiger partial charge in [0.15, 0.2) is 0 Å². The highest BCUT2D eigenvalue weighted by Crippen LogP contribution is 2.37. The molecule has 0 unspecified atom stereocenters. The third kappa shape index (κ3) is 2.80. The van der Waals surface area contributed by atoms with Crippen LogP contribution in [0.2, 0.25) is 0 Å². The molecule has 4 rings (SSSR count). The standard InChI is InChI=1S/C15H15F2N3O5S/c16-13(17)15-19-18-14(25-15)8-1-2-9-6-20(26(22,23)12(9)5-8)10-3-4-24-7-11(10)21/h1-2,5,10-11,13,21H,3-4,6-7H2/t10-,11-/m1/s1. The minimum Gasteiger partial charge on any atom is -0.415 e. The number of ether oxygens (including phenoxy) is 1. The van der Waals surface area contributed by atoms with Gasteiger partial charge in [0.05, 0.1) is 23.6 Å². The van der Waals surface area contributed by atoms with Crippen LogP contribution in [0.5, 0.6) is 0 Å². The fourth-order valence-electron chi connectivity index (χ4n) is 3.22. The van der Waals surface area contributed by atoms with Gasteiger partial charge in [0.25, 0.3) is 5.89 Å². The van der Waals surface area contributed by atoms with E-state index >= 15 is 0 Å². The lowest BCUT2D eigenvalue weighted by atomic mass is 10.1. The fraction of sp³-hybridized carbons (Fsp3) is 0.467. The zero-order chi connectivity index (χ0) is 18.5. The number of fused-ring (bicyclic) bond motifs is 1. The van der Waals surface area contributed by atoms with Crippen LogP contribution in [0, 0.1) is 0 Å². The zero-order valence-corrected chi connectivity index (χ0v) is 14.2. The minimum absolute atomic E-state index is 0.0467. The van der Waals surface area contributed by atoms with E-state index in [1.165, 1.54) is 10.4 Å². The Balaban J connectivity index is 1.68. The van der Waals surface area contributed by atoms with Crippen molar-refractivity contribution in [2.75, 3.05) is 13.2 Å². The Morgan fingerprint density at radius 2 is 2.12 bits per heavy atom. The maximum absolute atomic E-state index is 12.9. The first-order valence-corrected chi connectivity index (χ1v) is 9.34. The Kier molecular flexibility index (Phi) is 4.26. The summed E-state index contributed by atoms with van der Waals surface area (Å²) in [7, 11) is -3.84. The van der Waals surface area contributed by atoms with Crippen molar-refractivity contribution in [2.24, 2.45) is 0 Å². The molecule has 1 fully saturated rings. The maximum atomic E-state index is 12.9. The molecule has 0 saturated carbocycles. The molecule has 1 saturated heterocycles. The first-order chi connectivity index (χ1) is 12.4. The molecule has 26 heavy (non-hydrogen) atoms. The number of aliphatic hydroxyl groups excluding tert-OH is 1. The van der Waals surface area contributed by atoms with E-state index in [9.17, 15) is 22.3 Å². The van der Waals surface area contributed by atoms with Crippen LogP contribution in [0.1, 0.15) is 24.3 Å². The summed E-state index contributed by atoms with van der Waals surface area (Å²) in [5.41, 5.74) is 0.794. The van der Waals surface area contributed by atoms with Gasteiger partial charge in [-0.2, -0.15) is 13.1 Å². The first-order valence-electron chi connectivity index (χ1n) is 7.90. The number of hydrogen-bond acceptors (Lipinski definition) is 7. The third-order valence-electron chi connectivity index (χ3n) is 4.51. The monoisotopic (exact) mass is 387 g/mol. The van der Waals surface area contributed by atoms with Crippen molar-refractivity contribution in [3.05, 3.63) is 29.7 Å². The van der Waals surface area contributed by atoms with Crippen molar-refractivity contribution in [2.45, 2.75) is 36.4 Å². The van der Waals surface area contributed by atoms with Gasteiger partial charge in [-0.1, -0.05) is 6.07 Å². The van der Waals surface area contributed by atoms with E-state index in [1.807, 2.05) is 0 Å². The summed E-state index contributed by atoms with van der Waals surface area (Å²) in [4.78, 5) is 0.0467. The van der Waals surface area contributed by atoms with E-state index in [0.29, 0.717) is 18.6 Å². The molecule has 2 aromatic rings. The van der Waals surface area contributed by atoms with E-state index in [4.69, 9.17) is 9.15 Å². The molecule has 0 radical (unpaired) electrons. The Morgan fingerprint density at radius 1 is 1.31 bits per heavy atom. The van der Waals surface area contributed by atoms with Gasteiger partial charge in [0, 0.05) is 18.7 Å². The number of alkyl halides is 2. The molecule has 2 aliphatic heterocycles. The number of sulfonamides is 1. The summed E-state index contributed by atoms with van der Waals surface area (Å²) in [6.45, 7) is 0.580. The molecular formula is C15H15F2N3O5S. The summed E-state index contributed by atoms with van der Waals surface area (Å²) < 4.78 is 62.3. The average molecular weight is 387 g/mol. The van der Waals surface area contributed by atoms with Crippen LogP contribution in [0.15, 0.2) is 27.5 Å². The smallest absolute Gasteiger partial charge is 0.314 e. The summed E-state index contributed by atoms with van der Waals surface area (Å²) in [5, 5.41) is 16.9. The second-order valence-corrected chi connectivity index (χ2v) is 7.98. The topological polar surface area (TPSA) is 106 Å². The summed E-state index contributed by atoms with van der Waals surface area (Å²) in [6.07, 6.45) is -3.42. The van der Waals surface area contributed by atoms with Gasteiger partial charge in [-0.3, -0.25) is 0 Å². The molecule has 0 amide bonds. The van der Waals surface area contributed by atoms with Gasteiger partial charge < -0.3 is 14.3 Å². The van der Waals surface area contributed by atoms with Gasteiger partial charge in [0.1, 0.15) is 0 Å². The van der Waals surface area contributed by atoms with Crippen LogP contribution in [0.4, 0.5) is 8.78 Å². The molecule has 0 bridgehead atoms. The average Bonchev–Trinajstić information content (AvgIpc) is 3.19. The molecule has 2 atom stereocenters. The Labute approximate surface area is 147 Å². The number of rotatable bonds is 3. The molecule has 3 heterocycles. The number of hydrogen-bond donors (Lipinski definition) is 1. The van der Waals surface area contributed by atoms with E-state index in [2.05, 4.69) is 10.2 Å². The van der Waals surface area contributed by atoms with Crippen molar-refractivity contribution in [1.82, 2.24) is 14.5 Å². The van der Waals surface area contributed by atoms with Gasteiger partial charge in [-0.05, 0) is 24.1 Å². The Morgan fingerprint density at radius 3 is 2.81 bits per heavy atom. The predicted octanol–water partition coefficient (Wildman–Crippen LogP) is 1.33. The van der Waals surface area contributed by atoms with E-state index in [-0.39, 0.29) is 29.5 Å². The molecule has 2 aliphatic rings. The second-order valence-electron chi connectivity index (χ2n) is 6.12. The van der Waals surface area contributed by atoms with Crippen LogP contribution in [-0.2, 0) is 21.3 Å². The summed E-state index contributed by atoms with van der Waals surface area (Å²) in [6, 6.07) is 3.89. The van der Waals surface area contributed by atoms with Crippen LogP contribution in [-0.4, -0.2) is 53.4 Å². The van der Waals surface area contributed by atoms with E-state index in [0.717, 1.165) is 0 Å². The quantitative estimate of drug-likeness (QED) is 0.847. The second kappa shape index (κ2) is 6.34. The van der Waals surface area contributed by atoms with Crippen molar-refractivity contribution in [1.29, 1.82) is 0 Å². The number of aromatic nitrogens is 2. The van der Waals surface area contributed by atoms with Crippen molar-refractivity contribution in [3.8, 4) is 11.5 Å². The van der Waals surface area contributed by atoms with Crippen LogP contribution in [0.25, 0.3) is 11.5 Å². The third-order valence-corrected chi connectivity index (χ3v) is 6.47. The van der Waals surface area contributed by atoms with Crippen LogP contribution in [0.3, 0.4) is 0 Å². The molecule has 0 aliphatic carbocycles. The van der Waals surface area contributed by atoms with Crippen molar-refractivity contribution < 1.29 is 31.5 Å². The maximum Gasteiger partial charge on any atom is 0.314 e. The Hall–Kier alpha value is -1.95. The predicted molar refractivity (Wildman–Crippen MR) is 82.7 cm³/mol. The van der Waals surface area contributed by atoms with Crippen molar-refractivity contribution >= 4 is 10.0 Å². The normalized spacial score (nSPS) is 25.5. The highest BCUT2D eigenvalue weighted by molar-refractivity contribution is 7.89. The van der Waals surface area contributed by atoms with Gasteiger partial charge >= 0.3 is 6.43 Å². The molecule has 1 aromatic heterocycles. The highest BCUT2D eigenvalue weighted by Gasteiger charge is 2.43. The minimum atomic E-state index is -3.84. The lowest BCUT2D eigenvalue weighted by Crippen LogP contribution is -2.48. The summed E-state index contributed by atoms with van der Waals surface area (Å²) >= 11 is 0. The number of aliphatic hydroxyl groups is 1. The van der Waals surface area contributed by atoms with E-state index in [1.54, 1.807) is 12.1 Å². The SMILES string of the molecule is O=S1(=O)c2cc(-c3nnc(C(F)F)o3)ccc2CN1[C@@H]1CCOC[C@H]1O. The van der Waals surface area contributed by atoms with E-state index < -0.39 is 34.5 Å². The molecule has 1 aromatic carbocycles. The van der Waals surface area contributed by atoms with Gasteiger partial charge in [-0.25, -0.2) is 8.42 Å². The van der Waals surface area contributed by atoms with Crippen molar-refractivity contribution in [3.63, 3.8) is 0 Å². The molecular weight excluding hydrogens is 372 g/mol. The lowest BCUT2D eigenvalue weighted by Gasteiger charge is -2.33. The number of benzene rings is 1.